The number of aryl methyl sites for hydroxylation is 1. The standard InChI is InChI=1S/C8H8Cl2S/c1-5-3-6(9)4-7(11-2)8(5)10/h3-4H,1-2H3. The van der Waals surface area contributed by atoms with Crippen LogP contribution in [0.15, 0.2) is 17.0 Å². The van der Waals surface area contributed by atoms with Crippen LogP contribution in [0, 0.1) is 6.92 Å². The van der Waals surface area contributed by atoms with Crippen molar-refractivity contribution >= 4 is 35.0 Å². The quantitative estimate of drug-likeness (QED) is 0.626. The first-order valence-corrected chi connectivity index (χ1v) is 5.13. The predicted octanol–water partition coefficient (Wildman–Crippen LogP) is 4.02. The van der Waals surface area contributed by atoms with Crippen molar-refractivity contribution in [2.75, 3.05) is 6.26 Å². The highest BCUT2D eigenvalue weighted by atomic mass is 35.5. The Morgan fingerprint density at radius 1 is 1.27 bits per heavy atom. The fraction of sp³-hybridized carbons (Fsp3) is 0.250. The summed E-state index contributed by atoms with van der Waals surface area (Å²) in [5, 5.41) is 1.55. The van der Waals surface area contributed by atoms with Gasteiger partial charge in [-0.2, -0.15) is 0 Å². The predicted molar refractivity (Wildman–Crippen MR) is 53.0 cm³/mol. The van der Waals surface area contributed by atoms with E-state index in [0.29, 0.717) is 0 Å². The Balaban J connectivity index is 3.24. The van der Waals surface area contributed by atoms with Gasteiger partial charge in [0.25, 0.3) is 0 Å². The molecule has 0 aliphatic heterocycles. The van der Waals surface area contributed by atoms with Crippen molar-refractivity contribution in [2.45, 2.75) is 11.8 Å². The monoisotopic (exact) mass is 206 g/mol. The van der Waals surface area contributed by atoms with Crippen molar-refractivity contribution in [3.8, 4) is 0 Å². The summed E-state index contributed by atoms with van der Waals surface area (Å²) in [5.41, 5.74) is 1.03. The highest BCUT2D eigenvalue weighted by Crippen LogP contribution is 2.31. The summed E-state index contributed by atoms with van der Waals surface area (Å²) in [4.78, 5) is 1.04. The lowest BCUT2D eigenvalue weighted by Gasteiger charge is -2.03. The van der Waals surface area contributed by atoms with Gasteiger partial charge in [0.05, 0.1) is 5.02 Å². The van der Waals surface area contributed by atoms with Crippen molar-refractivity contribution in [2.24, 2.45) is 0 Å². The summed E-state index contributed by atoms with van der Waals surface area (Å²) in [7, 11) is 0. The second kappa shape index (κ2) is 3.70. The van der Waals surface area contributed by atoms with Crippen LogP contribution >= 0.6 is 35.0 Å². The summed E-state index contributed by atoms with van der Waals surface area (Å²) in [6.45, 7) is 1.95. The van der Waals surface area contributed by atoms with E-state index in [4.69, 9.17) is 23.2 Å². The molecule has 0 nitrogen and oxygen atoms in total. The highest BCUT2D eigenvalue weighted by molar-refractivity contribution is 7.98. The second-order valence-electron chi connectivity index (χ2n) is 2.24. The summed E-state index contributed by atoms with van der Waals surface area (Å²) < 4.78 is 0. The first kappa shape index (κ1) is 9.24. The lowest BCUT2D eigenvalue weighted by molar-refractivity contribution is 1.36. The van der Waals surface area contributed by atoms with E-state index in [1.807, 2.05) is 25.3 Å². The third kappa shape index (κ3) is 2.05. The van der Waals surface area contributed by atoms with Crippen LogP contribution in [-0.4, -0.2) is 6.26 Å². The minimum Gasteiger partial charge on any atom is -0.128 e. The minimum absolute atomic E-state index is 0.747. The molecule has 0 aliphatic rings. The lowest BCUT2D eigenvalue weighted by Crippen LogP contribution is -1.79. The van der Waals surface area contributed by atoms with Gasteiger partial charge in [-0.05, 0) is 30.9 Å². The van der Waals surface area contributed by atoms with Gasteiger partial charge in [-0.1, -0.05) is 23.2 Å². The molecule has 0 spiro atoms. The Morgan fingerprint density at radius 2 is 1.91 bits per heavy atom. The SMILES string of the molecule is CSc1cc(Cl)cc(C)c1Cl. The normalized spacial score (nSPS) is 10.2. The van der Waals surface area contributed by atoms with Gasteiger partial charge in [-0.3, -0.25) is 0 Å². The average molecular weight is 207 g/mol. The first-order valence-electron chi connectivity index (χ1n) is 3.15. The van der Waals surface area contributed by atoms with Gasteiger partial charge in [-0.25, -0.2) is 0 Å². The number of hydrogen-bond acceptors (Lipinski definition) is 1. The molecule has 0 saturated carbocycles. The Hall–Kier alpha value is 0.150. The van der Waals surface area contributed by atoms with Gasteiger partial charge >= 0.3 is 0 Å². The van der Waals surface area contributed by atoms with Crippen LogP contribution in [0.2, 0.25) is 10.0 Å². The van der Waals surface area contributed by atoms with E-state index >= 15 is 0 Å². The molecule has 1 rings (SSSR count). The number of hydrogen-bond donors (Lipinski definition) is 0. The third-order valence-electron chi connectivity index (χ3n) is 1.41. The third-order valence-corrected chi connectivity index (χ3v) is 3.00. The Morgan fingerprint density at radius 3 is 2.45 bits per heavy atom. The summed E-state index contributed by atoms with van der Waals surface area (Å²) in [6.07, 6.45) is 1.98. The number of rotatable bonds is 1. The summed E-state index contributed by atoms with van der Waals surface area (Å²) in [6, 6.07) is 3.74. The van der Waals surface area contributed by atoms with Crippen molar-refractivity contribution in [1.82, 2.24) is 0 Å². The number of halogens is 2. The Labute approximate surface area is 80.9 Å². The van der Waals surface area contributed by atoms with Crippen molar-refractivity contribution in [3.63, 3.8) is 0 Å². The van der Waals surface area contributed by atoms with Crippen LogP contribution in [0.4, 0.5) is 0 Å². The minimum atomic E-state index is 0.747. The molecular weight excluding hydrogens is 199 g/mol. The van der Waals surface area contributed by atoms with Crippen LogP contribution in [0.5, 0.6) is 0 Å². The van der Waals surface area contributed by atoms with E-state index in [-0.39, 0.29) is 0 Å². The molecule has 0 heterocycles. The van der Waals surface area contributed by atoms with Crippen LogP contribution in [-0.2, 0) is 0 Å². The van der Waals surface area contributed by atoms with E-state index in [1.54, 1.807) is 11.8 Å². The maximum Gasteiger partial charge on any atom is 0.0571 e. The molecule has 1 aromatic carbocycles. The maximum absolute atomic E-state index is 5.99. The molecule has 60 valence electrons. The molecule has 0 unspecified atom stereocenters. The Kier molecular flexibility index (Phi) is 3.11. The zero-order valence-corrected chi connectivity index (χ0v) is 8.65. The molecule has 0 radical (unpaired) electrons. The van der Waals surface area contributed by atoms with Gasteiger partial charge < -0.3 is 0 Å². The van der Waals surface area contributed by atoms with E-state index in [2.05, 4.69) is 0 Å². The number of thioether (sulfide) groups is 1. The number of benzene rings is 1. The van der Waals surface area contributed by atoms with E-state index in [1.165, 1.54) is 0 Å². The topological polar surface area (TPSA) is 0 Å². The average Bonchev–Trinajstić information content (AvgIpc) is 1.96. The fourth-order valence-electron chi connectivity index (χ4n) is 0.843. The van der Waals surface area contributed by atoms with Crippen LogP contribution in [0.3, 0.4) is 0 Å². The molecule has 11 heavy (non-hydrogen) atoms. The van der Waals surface area contributed by atoms with E-state index in [9.17, 15) is 0 Å². The zero-order valence-electron chi connectivity index (χ0n) is 6.32. The second-order valence-corrected chi connectivity index (χ2v) is 3.90. The van der Waals surface area contributed by atoms with Gasteiger partial charge in [0, 0.05) is 9.92 Å². The van der Waals surface area contributed by atoms with Gasteiger partial charge in [-0.15, -0.1) is 11.8 Å². The molecule has 3 heteroatoms. The van der Waals surface area contributed by atoms with Crippen LogP contribution in [0.25, 0.3) is 0 Å². The summed E-state index contributed by atoms with van der Waals surface area (Å²) >= 11 is 13.4. The highest BCUT2D eigenvalue weighted by Gasteiger charge is 2.03. The van der Waals surface area contributed by atoms with Gasteiger partial charge in [0.1, 0.15) is 0 Å². The molecule has 0 aliphatic carbocycles. The largest absolute Gasteiger partial charge is 0.128 e. The molecular formula is C8H8Cl2S. The first-order chi connectivity index (χ1) is 5.15. The maximum atomic E-state index is 5.99. The molecule has 1 aromatic rings. The molecule has 0 N–H and O–H groups in total. The molecule has 0 amide bonds. The van der Waals surface area contributed by atoms with Gasteiger partial charge in [0.2, 0.25) is 0 Å². The van der Waals surface area contributed by atoms with E-state index < -0.39 is 0 Å². The van der Waals surface area contributed by atoms with Gasteiger partial charge in [0.15, 0.2) is 0 Å². The van der Waals surface area contributed by atoms with Crippen LogP contribution < -0.4 is 0 Å². The lowest BCUT2D eigenvalue weighted by atomic mass is 10.2. The van der Waals surface area contributed by atoms with Crippen molar-refractivity contribution in [1.29, 1.82) is 0 Å². The molecule has 0 bridgehead atoms. The zero-order chi connectivity index (χ0) is 8.43. The molecule has 0 aromatic heterocycles. The molecule has 0 fully saturated rings. The Bertz CT molecular complexity index is 271. The molecule has 0 atom stereocenters. The summed E-state index contributed by atoms with van der Waals surface area (Å²) in [5.74, 6) is 0. The molecule has 0 saturated heterocycles. The fourth-order valence-corrected chi connectivity index (χ4v) is 2.11. The van der Waals surface area contributed by atoms with E-state index in [0.717, 1.165) is 20.5 Å². The van der Waals surface area contributed by atoms with Crippen LogP contribution in [0.1, 0.15) is 5.56 Å². The van der Waals surface area contributed by atoms with Crippen molar-refractivity contribution in [3.05, 3.63) is 27.7 Å². The van der Waals surface area contributed by atoms with Crippen molar-refractivity contribution < 1.29 is 0 Å². The smallest absolute Gasteiger partial charge is 0.0571 e.